The predicted molar refractivity (Wildman–Crippen MR) is 93.1 cm³/mol. The van der Waals surface area contributed by atoms with Gasteiger partial charge >= 0.3 is 0 Å². The molecule has 0 bridgehead atoms. The van der Waals surface area contributed by atoms with Crippen LogP contribution in [0.3, 0.4) is 0 Å². The van der Waals surface area contributed by atoms with E-state index in [0.29, 0.717) is 6.54 Å². The third kappa shape index (κ3) is 4.49. The van der Waals surface area contributed by atoms with Crippen LogP contribution in [-0.2, 0) is 6.54 Å². The Morgan fingerprint density at radius 2 is 1.82 bits per heavy atom. The molecule has 0 radical (unpaired) electrons. The molecule has 1 heterocycles. The van der Waals surface area contributed by atoms with Gasteiger partial charge in [-0.15, -0.1) is 0 Å². The van der Waals surface area contributed by atoms with Crippen molar-refractivity contribution in [3.8, 4) is 5.75 Å². The van der Waals surface area contributed by atoms with Gasteiger partial charge in [0.1, 0.15) is 11.4 Å². The van der Waals surface area contributed by atoms with Gasteiger partial charge in [0.15, 0.2) is 0 Å². The van der Waals surface area contributed by atoms with Crippen molar-refractivity contribution >= 4 is 14.0 Å². The Bertz CT molecular complexity index is 678. The van der Waals surface area contributed by atoms with Crippen LogP contribution in [0.5, 0.6) is 5.75 Å². The van der Waals surface area contributed by atoms with Gasteiger partial charge in [-0.1, -0.05) is 18.2 Å². The third-order valence-corrected chi connectivity index (χ3v) is 3.93. The summed E-state index contributed by atoms with van der Waals surface area (Å²) in [6.45, 7) is 11.1. The van der Waals surface area contributed by atoms with Crippen LogP contribution in [0.25, 0.3) is 0 Å². The second-order valence-electron chi connectivity index (χ2n) is 6.21. The van der Waals surface area contributed by atoms with Gasteiger partial charge in [-0.3, -0.25) is 15.0 Å². The molecule has 0 atom stereocenters. The fourth-order valence-corrected chi connectivity index (χ4v) is 2.96. The van der Waals surface area contributed by atoms with E-state index in [-0.39, 0.29) is 0 Å². The van der Waals surface area contributed by atoms with Gasteiger partial charge in [-0.05, 0) is 39.6 Å². The summed E-state index contributed by atoms with van der Waals surface area (Å²) in [4.78, 5) is 13.3. The van der Waals surface area contributed by atoms with E-state index >= 15 is 0 Å². The van der Waals surface area contributed by atoms with E-state index in [4.69, 9.17) is 4.43 Å². The predicted octanol–water partition coefficient (Wildman–Crippen LogP) is 4.01. The molecular weight excluding hydrogens is 290 g/mol. The van der Waals surface area contributed by atoms with Gasteiger partial charge in [-0.25, -0.2) is 0 Å². The van der Waals surface area contributed by atoms with Crippen LogP contribution >= 0.6 is 0 Å². The van der Waals surface area contributed by atoms with Crippen molar-refractivity contribution in [3.63, 3.8) is 0 Å². The van der Waals surface area contributed by atoms with Crippen molar-refractivity contribution in [2.75, 3.05) is 0 Å². The first-order chi connectivity index (χ1) is 10.4. The molecule has 0 saturated heterocycles. The zero-order valence-corrected chi connectivity index (χ0v) is 14.9. The zero-order chi connectivity index (χ0) is 16.2. The Labute approximate surface area is 133 Å². The highest BCUT2D eigenvalue weighted by molar-refractivity contribution is 6.70. The van der Waals surface area contributed by atoms with Gasteiger partial charge in [0.05, 0.1) is 18.0 Å². The Morgan fingerprint density at radius 3 is 2.50 bits per heavy atom. The fraction of sp³-hybridized carbons (Fsp3) is 0.353. The van der Waals surface area contributed by atoms with Crippen LogP contribution in [0.1, 0.15) is 23.9 Å². The normalized spacial score (nSPS) is 12.3. The van der Waals surface area contributed by atoms with Gasteiger partial charge in [0.25, 0.3) is 0 Å². The molecule has 0 spiro atoms. The molecule has 0 fully saturated rings. The third-order valence-electron chi connectivity index (χ3n) is 3.10. The van der Waals surface area contributed by atoms with Gasteiger partial charge in [-0.2, -0.15) is 0 Å². The SMILES string of the molecule is CC(=NCc1ccccc1O[Si](C)(C)C)c1nccnc1C. The van der Waals surface area contributed by atoms with Crippen LogP contribution in [-0.4, -0.2) is 24.0 Å². The molecule has 0 N–H and O–H groups in total. The van der Waals surface area contributed by atoms with E-state index < -0.39 is 8.32 Å². The summed E-state index contributed by atoms with van der Waals surface area (Å²) in [5.41, 5.74) is 3.75. The number of hydrogen-bond acceptors (Lipinski definition) is 4. The van der Waals surface area contributed by atoms with E-state index in [1.807, 2.05) is 32.0 Å². The molecule has 1 aromatic carbocycles. The topological polar surface area (TPSA) is 47.4 Å². The molecule has 1 aromatic heterocycles. The number of benzene rings is 1. The summed E-state index contributed by atoms with van der Waals surface area (Å²) in [6.07, 6.45) is 3.40. The number of aryl methyl sites for hydroxylation is 1. The van der Waals surface area contributed by atoms with Crippen LogP contribution in [0.4, 0.5) is 0 Å². The molecule has 2 aromatic rings. The quantitative estimate of drug-likeness (QED) is 0.619. The highest BCUT2D eigenvalue weighted by atomic mass is 28.4. The lowest BCUT2D eigenvalue weighted by molar-refractivity contribution is 0.549. The molecular formula is C17H23N3OSi. The molecule has 4 nitrogen and oxygen atoms in total. The van der Waals surface area contributed by atoms with Crippen molar-refractivity contribution in [1.82, 2.24) is 9.97 Å². The maximum absolute atomic E-state index is 6.14. The summed E-state index contributed by atoms with van der Waals surface area (Å²) in [6, 6.07) is 8.11. The molecule has 0 aliphatic carbocycles. The summed E-state index contributed by atoms with van der Waals surface area (Å²) < 4.78 is 6.14. The van der Waals surface area contributed by atoms with Crippen molar-refractivity contribution in [2.45, 2.75) is 40.0 Å². The van der Waals surface area contributed by atoms with E-state index in [9.17, 15) is 0 Å². The smallest absolute Gasteiger partial charge is 0.242 e. The summed E-state index contributed by atoms with van der Waals surface area (Å²) in [7, 11) is -1.63. The zero-order valence-electron chi connectivity index (χ0n) is 13.9. The number of nitrogens with zero attached hydrogens (tertiary/aromatic N) is 3. The summed E-state index contributed by atoms with van der Waals surface area (Å²) in [5, 5.41) is 0. The van der Waals surface area contributed by atoms with Crippen molar-refractivity contribution in [3.05, 3.63) is 53.6 Å². The highest BCUT2D eigenvalue weighted by Crippen LogP contribution is 2.22. The summed E-state index contributed by atoms with van der Waals surface area (Å²) >= 11 is 0. The second kappa shape index (κ2) is 6.83. The van der Waals surface area contributed by atoms with Gasteiger partial charge in [0.2, 0.25) is 8.32 Å². The van der Waals surface area contributed by atoms with E-state index in [1.54, 1.807) is 12.4 Å². The van der Waals surface area contributed by atoms with Crippen LogP contribution < -0.4 is 4.43 Å². The molecule has 0 amide bonds. The summed E-state index contributed by atoms with van der Waals surface area (Å²) in [5.74, 6) is 0.939. The van der Waals surface area contributed by atoms with E-state index in [1.165, 1.54) is 0 Å². The number of hydrogen-bond donors (Lipinski definition) is 0. The van der Waals surface area contributed by atoms with Crippen molar-refractivity contribution < 1.29 is 4.43 Å². The Hall–Kier alpha value is -2.01. The number of aliphatic imine (C=N–C) groups is 1. The van der Waals surface area contributed by atoms with E-state index in [2.05, 4.69) is 40.7 Å². The van der Waals surface area contributed by atoms with Crippen LogP contribution in [0.2, 0.25) is 19.6 Å². The number of aromatic nitrogens is 2. The van der Waals surface area contributed by atoms with Gasteiger partial charge in [0, 0.05) is 18.0 Å². The molecule has 22 heavy (non-hydrogen) atoms. The molecule has 2 rings (SSSR count). The Kier molecular flexibility index (Phi) is 5.08. The highest BCUT2D eigenvalue weighted by Gasteiger charge is 2.17. The average molecular weight is 313 g/mol. The molecule has 0 aliphatic rings. The first kappa shape index (κ1) is 16.4. The lowest BCUT2D eigenvalue weighted by Crippen LogP contribution is -2.29. The second-order valence-corrected chi connectivity index (χ2v) is 10.6. The maximum Gasteiger partial charge on any atom is 0.242 e. The molecule has 0 saturated carbocycles. The van der Waals surface area contributed by atoms with Crippen LogP contribution in [0.15, 0.2) is 41.7 Å². The Balaban J connectivity index is 2.21. The lowest BCUT2D eigenvalue weighted by atomic mass is 10.2. The van der Waals surface area contributed by atoms with Crippen LogP contribution in [0, 0.1) is 6.92 Å². The first-order valence-corrected chi connectivity index (χ1v) is 10.8. The van der Waals surface area contributed by atoms with E-state index in [0.717, 1.165) is 28.4 Å². The largest absolute Gasteiger partial charge is 0.544 e. The van der Waals surface area contributed by atoms with Gasteiger partial charge < -0.3 is 4.43 Å². The monoisotopic (exact) mass is 313 g/mol. The molecule has 5 heteroatoms. The average Bonchev–Trinajstić information content (AvgIpc) is 2.45. The maximum atomic E-state index is 6.14. The minimum absolute atomic E-state index is 0.586. The first-order valence-electron chi connectivity index (χ1n) is 7.43. The fourth-order valence-electron chi connectivity index (χ4n) is 2.11. The molecule has 116 valence electrons. The minimum atomic E-state index is -1.63. The lowest BCUT2D eigenvalue weighted by Gasteiger charge is -2.21. The van der Waals surface area contributed by atoms with Crippen molar-refractivity contribution in [1.29, 1.82) is 0 Å². The molecule has 0 unspecified atom stereocenters. The minimum Gasteiger partial charge on any atom is -0.544 e. The number of rotatable bonds is 5. The molecule has 0 aliphatic heterocycles. The Morgan fingerprint density at radius 1 is 1.14 bits per heavy atom. The standard InChI is InChI=1S/C17H23N3OSi/c1-13-17(19-11-10-18-13)14(2)20-12-15-8-6-7-9-16(15)21-22(3,4)5/h6-11H,12H2,1-5H3. The van der Waals surface area contributed by atoms with Crippen molar-refractivity contribution in [2.24, 2.45) is 4.99 Å². The number of para-hydroxylation sites is 1.